The van der Waals surface area contributed by atoms with Crippen LogP contribution in [0.2, 0.25) is 0 Å². The van der Waals surface area contributed by atoms with Crippen molar-refractivity contribution in [3.8, 4) is 0 Å². The molecule has 0 aromatic heterocycles. The Labute approximate surface area is 101 Å². The van der Waals surface area contributed by atoms with Crippen molar-refractivity contribution in [2.45, 2.75) is 31.2 Å². The lowest BCUT2D eigenvalue weighted by Crippen LogP contribution is -2.49. The van der Waals surface area contributed by atoms with E-state index in [0.717, 1.165) is 25.8 Å². The fourth-order valence-electron chi connectivity index (χ4n) is 2.88. The van der Waals surface area contributed by atoms with E-state index in [1.165, 1.54) is 11.1 Å². The molecule has 0 aliphatic heterocycles. The number of hydrogen-bond acceptors (Lipinski definition) is 2. The molecule has 2 aliphatic rings. The Morgan fingerprint density at radius 3 is 2.82 bits per heavy atom. The quantitative estimate of drug-likeness (QED) is 0.830. The Morgan fingerprint density at radius 2 is 2.18 bits per heavy atom. The molecule has 1 fully saturated rings. The van der Waals surface area contributed by atoms with Crippen LogP contribution in [0.25, 0.3) is 0 Å². The summed E-state index contributed by atoms with van der Waals surface area (Å²) in [6.45, 7) is 0.922. The third-order valence-electron chi connectivity index (χ3n) is 4.18. The van der Waals surface area contributed by atoms with Gasteiger partial charge in [0.15, 0.2) is 0 Å². The fraction of sp³-hybridized carbons (Fsp3) is 0.500. The van der Waals surface area contributed by atoms with Crippen molar-refractivity contribution in [2.75, 3.05) is 6.54 Å². The normalized spacial score (nSPS) is 30.0. The number of benzene rings is 1. The maximum absolute atomic E-state index is 10.9. The largest absolute Gasteiger partial charge is 0.481 e. The van der Waals surface area contributed by atoms with Gasteiger partial charge in [-0.2, -0.15) is 0 Å². The van der Waals surface area contributed by atoms with Crippen LogP contribution >= 0.6 is 0 Å². The zero-order chi connectivity index (χ0) is 11.8. The van der Waals surface area contributed by atoms with Crippen LogP contribution in [0.5, 0.6) is 0 Å². The third kappa shape index (κ3) is 1.84. The predicted molar refractivity (Wildman–Crippen MR) is 65.0 cm³/mol. The summed E-state index contributed by atoms with van der Waals surface area (Å²) >= 11 is 0. The highest BCUT2D eigenvalue weighted by molar-refractivity contribution is 5.72. The van der Waals surface area contributed by atoms with E-state index in [9.17, 15) is 4.79 Å². The molecule has 0 heterocycles. The minimum atomic E-state index is -0.650. The summed E-state index contributed by atoms with van der Waals surface area (Å²) < 4.78 is 0. The molecule has 3 heteroatoms. The Hall–Kier alpha value is -1.35. The minimum absolute atomic E-state index is 0.162. The highest BCUT2D eigenvalue weighted by atomic mass is 16.4. The molecular weight excluding hydrogens is 214 g/mol. The number of aliphatic carboxylic acids is 1. The van der Waals surface area contributed by atoms with Crippen LogP contribution < -0.4 is 5.32 Å². The smallest absolute Gasteiger partial charge is 0.308 e. The first-order valence-electron chi connectivity index (χ1n) is 6.29. The van der Waals surface area contributed by atoms with Gasteiger partial charge in [-0.15, -0.1) is 0 Å². The van der Waals surface area contributed by atoms with E-state index >= 15 is 0 Å². The fourth-order valence-corrected chi connectivity index (χ4v) is 2.88. The van der Waals surface area contributed by atoms with Crippen LogP contribution in [0.3, 0.4) is 0 Å². The van der Waals surface area contributed by atoms with Crippen LogP contribution in [0.1, 0.15) is 29.9 Å². The molecule has 1 aromatic rings. The van der Waals surface area contributed by atoms with Gasteiger partial charge in [0, 0.05) is 18.5 Å². The van der Waals surface area contributed by atoms with Crippen molar-refractivity contribution in [3.05, 3.63) is 35.4 Å². The number of hydrogen-bond donors (Lipinski definition) is 2. The average molecular weight is 231 g/mol. The monoisotopic (exact) mass is 231 g/mol. The molecular formula is C14H17NO2. The molecule has 0 saturated heterocycles. The highest BCUT2D eigenvalue weighted by Gasteiger charge is 2.37. The molecule has 3 atom stereocenters. The second kappa shape index (κ2) is 4.15. The van der Waals surface area contributed by atoms with Gasteiger partial charge in [0.25, 0.3) is 0 Å². The first-order valence-corrected chi connectivity index (χ1v) is 6.29. The molecule has 3 unspecified atom stereocenters. The summed E-state index contributed by atoms with van der Waals surface area (Å²) in [4.78, 5) is 10.9. The van der Waals surface area contributed by atoms with Gasteiger partial charge < -0.3 is 10.4 Å². The van der Waals surface area contributed by atoms with Crippen LogP contribution in [0.15, 0.2) is 24.3 Å². The molecule has 0 spiro atoms. The maximum Gasteiger partial charge on any atom is 0.308 e. The van der Waals surface area contributed by atoms with Gasteiger partial charge >= 0.3 is 5.97 Å². The Balaban J connectivity index is 1.52. The second-order valence-electron chi connectivity index (χ2n) is 5.14. The summed E-state index contributed by atoms with van der Waals surface area (Å²) in [5, 5.41) is 12.4. The first-order chi connectivity index (χ1) is 8.25. The molecule has 17 heavy (non-hydrogen) atoms. The third-order valence-corrected chi connectivity index (χ3v) is 4.18. The van der Waals surface area contributed by atoms with Crippen molar-refractivity contribution in [3.63, 3.8) is 0 Å². The number of carbonyl (C=O) groups is 1. The molecule has 90 valence electrons. The van der Waals surface area contributed by atoms with Gasteiger partial charge in [-0.3, -0.25) is 4.79 Å². The lowest BCUT2D eigenvalue weighted by atomic mass is 9.76. The Kier molecular flexibility index (Phi) is 2.63. The molecule has 3 rings (SSSR count). The summed E-state index contributed by atoms with van der Waals surface area (Å²) in [5.41, 5.74) is 2.88. The maximum atomic E-state index is 10.9. The van der Waals surface area contributed by atoms with E-state index < -0.39 is 5.97 Å². The van der Waals surface area contributed by atoms with Crippen molar-refractivity contribution < 1.29 is 9.90 Å². The molecule has 0 bridgehead atoms. The summed E-state index contributed by atoms with van der Waals surface area (Å²) in [5.74, 6) is -0.227. The standard InChI is InChI=1S/C14H17NO2/c16-14(17)12-5-6-13(12)15-8-10-7-9-3-1-2-4-11(9)10/h1-4,10,12-13,15H,5-8H2,(H,16,17). The molecule has 0 amide bonds. The van der Waals surface area contributed by atoms with Crippen LogP contribution in [0, 0.1) is 5.92 Å². The molecule has 3 nitrogen and oxygen atoms in total. The molecule has 2 N–H and O–H groups in total. The SMILES string of the molecule is O=C(O)C1CCC1NCC1Cc2ccccc21. The number of rotatable bonds is 4. The predicted octanol–water partition coefficient (Wildman–Crippen LogP) is 1.78. The van der Waals surface area contributed by atoms with E-state index in [4.69, 9.17) is 5.11 Å². The Morgan fingerprint density at radius 1 is 1.35 bits per heavy atom. The number of fused-ring (bicyclic) bond motifs is 1. The molecule has 1 saturated carbocycles. The van der Waals surface area contributed by atoms with Gasteiger partial charge in [0.05, 0.1) is 5.92 Å². The number of nitrogens with one attached hydrogen (secondary N) is 1. The van der Waals surface area contributed by atoms with Gasteiger partial charge in [-0.05, 0) is 30.4 Å². The number of carboxylic acid groups (broad SMARTS) is 1. The van der Waals surface area contributed by atoms with Crippen molar-refractivity contribution in [1.82, 2.24) is 5.32 Å². The van der Waals surface area contributed by atoms with E-state index in [0.29, 0.717) is 5.92 Å². The topological polar surface area (TPSA) is 49.3 Å². The van der Waals surface area contributed by atoms with Gasteiger partial charge in [0.2, 0.25) is 0 Å². The summed E-state index contributed by atoms with van der Waals surface area (Å²) in [7, 11) is 0. The van der Waals surface area contributed by atoms with E-state index in [2.05, 4.69) is 29.6 Å². The molecule has 1 aromatic carbocycles. The average Bonchev–Trinajstić information content (AvgIpc) is 2.22. The summed E-state index contributed by atoms with van der Waals surface area (Å²) in [6, 6.07) is 8.71. The zero-order valence-electron chi connectivity index (χ0n) is 9.73. The molecule has 0 radical (unpaired) electrons. The first kappa shape index (κ1) is 10.8. The van der Waals surface area contributed by atoms with Crippen molar-refractivity contribution >= 4 is 5.97 Å². The second-order valence-corrected chi connectivity index (χ2v) is 5.14. The van der Waals surface area contributed by atoms with Gasteiger partial charge in [-0.25, -0.2) is 0 Å². The molecule has 2 aliphatic carbocycles. The van der Waals surface area contributed by atoms with Crippen LogP contribution in [-0.4, -0.2) is 23.7 Å². The minimum Gasteiger partial charge on any atom is -0.481 e. The highest BCUT2D eigenvalue weighted by Crippen LogP contribution is 2.35. The van der Waals surface area contributed by atoms with E-state index in [1.54, 1.807) is 0 Å². The van der Waals surface area contributed by atoms with Gasteiger partial charge in [-0.1, -0.05) is 24.3 Å². The lowest BCUT2D eigenvalue weighted by molar-refractivity contribution is -0.146. The van der Waals surface area contributed by atoms with E-state index in [-0.39, 0.29) is 12.0 Å². The lowest BCUT2D eigenvalue weighted by Gasteiger charge is -2.37. The van der Waals surface area contributed by atoms with Crippen LogP contribution in [-0.2, 0) is 11.2 Å². The van der Waals surface area contributed by atoms with Gasteiger partial charge in [0.1, 0.15) is 0 Å². The van der Waals surface area contributed by atoms with Crippen LogP contribution in [0.4, 0.5) is 0 Å². The zero-order valence-corrected chi connectivity index (χ0v) is 9.73. The Bertz CT molecular complexity index is 444. The number of carboxylic acids is 1. The summed E-state index contributed by atoms with van der Waals surface area (Å²) in [6.07, 6.45) is 2.97. The van der Waals surface area contributed by atoms with E-state index in [1.807, 2.05) is 0 Å². The van der Waals surface area contributed by atoms with Crippen molar-refractivity contribution in [2.24, 2.45) is 5.92 Å². The van der Waals surface area contributed by atoms with Crippen molar-refractivity contribution in [1.29, 1.82) is 0 Å².